The molecule has 4 rings (SSSR count). The van der Waals surface area contributed by atoms with Crippen LogP contribution in [0.15, 0.2) is 78.9 Å². The maximum atomic E-state index is 4.62. The average Bonchev–Trinajstić information content (AvgIpc) is 3.04. The Morgan fingerprint density at radius 2 is 1.35 bits per heavy atom. The number of hydrogen-bond donors (Lipinski definition) is 0. The minimum absolute atomic E-state index is 1.04. The van der Waals surface area contributed by atoms with Crippen LogP contribution in [-0.2, 0) is 0 Å². The lowest BCUT2D eigenvalue weighted by molar-refractivity contribution is 1.46. The summed E-state index contributed by atoms with van der Waals surface area (Å²) < 4.78 is 1.23. The maximum Gasteiger partial charge on any atom is 0.117 e. The second-order valence-corrected chi connectivity index (χ2v) is 6.40. The standard InChI is InChI=1S/C21H15NS/c1-2-6-17(7-3-1)18-13-10-16(11-14-18)12-15-21-22-19-8-4-5-9-20(19)23-21/h1-15H/b15-12+. The Morgan fingerprint density at radius 1 is 0.652 bits per heavy atom. The molecule has 0 fully saturated rings. The van der Waals surface area contributed by atoms with Crippen LogP contribution in [0.4, 0.5) is 0 Å². The molecule has 0 unspecified atom stereocenters. The first-order valence-electron chi connectivity index (χ1n) is 7.58. The van der Waals surface area contributed by atoms with Crippen molar-refractivity contribution < 1.29 is 0 Å². The van der Waals surface area contributed by atoms with Gasteiger partial charge in [0.1, 0.15) is 5.01 Å². The highest BCUT2D eigenvalue weighted by molar-refractivity contribution is 7.19. The van der Waals surface area contributed by atoms with E-state index in [1.807, 2.05) is 12.1 Å². The number of benzene rings is 3. The third-order valence-electron chi connectivity index (χ3n) is 3.75. The highest BCUT2D eigenvalue weighted by Gasteiger charge is 2.00. The summed E-state index contributed by atoms with van der Waals surface area (Å²) in [4.78, 5) is 4.62. The van der Waals surface area contributed by atoms with Crippen LogP contribution in [0, 0.1) is 0 Å². The molecule has 23 heavy (non-hydrogen) atoms. The van der Waals surface area contributed by atoms with Gasteiger partial charge in [0.25, 0.3) is 0 Å². The Labute approximate surface area is 139 Å². The summed E-state index contributed by atoms with van der Waals surface area (Å²) in [6, 6.07) is 27.3. The molecule has 0 radical (unpaired) electrons. The van der Waals surface area contributed by atoms with Crippen molar-refractivity contribution in [3.8, 4) is 11.1 Å². The van der Waals surface area contributed by atoms with E-state index in [9.17, 15) is 0 Å². The summed E-state index contributed by atoms with van der Waals surface area (Å²) in [6.45, 7) is 0. The van der Waals surface area contributed by atoms with E-state index < -0.39 is 0 Å². The van der Waals surface area contributed by atoms with Gasteiger partial charge in [-0.3, -0.25) is 0 Å². The van der Waals surface area contributed by atoms with Gasteiger partial charge in [-0.1, -0.05) is 72.8 Å². The molecule has 0 aliphatic carbocycles. The summed E-state index contributed by atoms with van der Waals surface area (Å²) in [5.74, 6) is 0. The van der Waals surface area contributed by atoms with Crippen molar-refractivity contribution in [2.75, 3.05) is 0 Å². The highest BCUT2D eigenvalue weighted by Crippen LogP contribution is 2.24. The lowest BCUT2D eigenvalue weighted by Crippen LogP contribution is -1.77. The second-order valence-electron chi connectivity index (χ2n) is 5.34. The van der Waals surface area contributed by atoms with Gasteiger partial charge in [0.05, 0.1) is 10.2 Å². The summed E-state index contributed by atoms with van der Waals surface area (Å²) in [7, 11) is 0. The van der Waals surface area contributed by atoms with E-state index in [1.54, 1.807) is 11.3 Å². The van der Waals surface area contributed by atoms with Crippen LogP contribution in [-0.4, -0.2) is 4.98 Å². The molecular formula is C21H15NS. The number of hydrogen-bond acceptors (Lipinski definition) is 2. The normalized spacial score (nSPS) is 11.3. The summed E-state index contributed by atoms with van der Waals surface area (Å²) >= 11 is 1.72. The summed E-state index contributed by atoms with van der Waals surface area (Å²) in [6.07, 6.45) is 4.20. The maximum absolute atomic E-state index is 4.62. The molecule has 0 aliphatic heterocycles. The lowest BCUT2D eigenvalue weighted by atomic mass is 10.0. The first-order chi connectivity index (χ1) is 11.4. The molecule has 0 bridgehead atoms. The number of aromatic nitrogens is 1. The van der Waals surface area contributed by atoms with E-state index in [4.69, 9.17) is 0 Å². The van der Waals surface area contributed by atoms with Crippen molar-refractivity contribution in [1.29, 1.82) is 0 Å². The van der Waals surface area contributed by atoms with Crippen molar-refractivity contribution in [2.45, 2.75) is 0 Å². The molecule has 0 N–H and O–H groups in total. The van der Waals surface area contributed by atoms with Gasteiger partial charge in [-0.2, -0.15) is 0 Å². The van der Waals surface area contributed by atoms with Crippen molar-refractivity contribution in [1.82, 2.24) is 4.98 Å². The molecule has 1 nitrogen and oxygen atoms in total. The van der Waals surface area contributed by atoms with Crippen LogP contribution in [0.1, 0.15) is 10.6 Å². The first kappa shape index (κ1) is 13.9. The quantitative estimate of drug-likeness (QED) is 0.443. The fraction of sp³-hybridized carbons (Fsp3) is 0. The predicted molar refractivity (Wildman–Crippen MR) is 100 cm³/mol. The van der Waals surface area contributed by atoms with Crippen LogP contribution in [0.5, 0.6) is 0 Å². The van der Waals surface area contributed by atoms with Crippen molar-refractivity contribution >= 4 is 33.7 Å². The second kappa shape index (κ2) is 6.19. The number of para-hydroxylation sites is 1. The van der Waals surface area contributed by atoms with Crippen molar-refractivity contribution in [2.24, 2.45) is 0 Å². The van der Waals surface area contributed by atoms with E-state index >= 15 is 0 Å². The summed E-state index contributed by atoms with van der Waals surface area (Å²) in [5.41, 5.74) is 4.73. The van der Waals surface area contributed by atoms with Gasteiger partial charge >= 0.3 is 0 Å². The minimum Gasteiger partial charge on any atom is -0.237 e. The van der Waals surface area contributed by atoms with Gasteiger partial charge in [-0.25, -0.2) is 4.98 Å². The Kier molecular flexibility index (Phi) is 3.75. The largest absolute Gasteiger partial charge is 0.237 e. The van der Waals surface area contributed by atoms with Crippen LogP contribution in [0.25, 0.3) is 33.5 Å². The van der Waals surface area contributed by atoms with Crippen LogP contribution in [0.2, 0.25) is 0 Å². The highest BCUT2D eigenvalue weighted by atomic mass is 32.1. The molecule has 4 aromatic rings. The predicted octanol–water partition coefficient (Wildman–Crippen LogP) is 6.13. The SMILES string of the molecule is C(=C\c1nc2ccccc2s1)/c1ccc(-c2ccccc2)cc1. The molecular weight excluding hydrogens is 298 g/mol. The zero-order valence-electron chi connectivity index (χ0n) is 12.5. The third kappa shape index (κ3) is 3.08. The van der Waals surface area contributed by atoms with Gasteiger partial charge in [0.15, 0.2) is 0 Å². The van der Waals surface area contributed by atoms with Gasteiger partial charge < -0.3 is 0 Å². The fourth-order valence-corrected chi connectivity index (χ4v) is 3.42. The Bertz CT molecular complexity index is 917. The van der Waals surface area contributed by atoms with E-state index in [-0.39, 0.29) is 0 Å². The molecule has 3 aromatic carbocycles. The molecule has 0 spiro atoms. The smallest absolute Gasteiger partial charge is 0.117 e. The first-order valence-corrected chi connectivity index (χ1v) is 8.39. The topological polar surface area (TPSA) is 12.9 Å². The number of thiazole rings is 1. The molecule has 0 amide bonds. The summed E-state index contributed by atoms with van der Waals surface area (Å²) in [5, 5.41) is 1.04. The minimum atomic E-state index is 1.04. The van der Waals surface area contributed by atoms with E-state index in [2.05, 4.69) is 83.9 Å². The van der Waals surface area contributed by atoms with Crippen LogP contribution < -0.4 is 0 Å². The molecule has 1 heterocycles. The molecule has 0 saturated carbocycles. The van der Waals surface area contributed by atoms with Gasteiger partial charge in [0, 0.05) is 0 Å². The van der Waals surface area contributed by atoms with Gasteiger partial charge in [0.2, 0.25) is 0 Å². The molecule has 0 aliphatic rings. The average molecular weight is 313 g/mol. The molecule has 0 atom stereocenters. The monoisotopic (exact) mass is 313 g/mol. The zero-order valence-corrected chi connectivity index (χ0v) is 13.3. The van der Waals surface area contributed by atoms with Crippen molar-refractivity contribution in [3.05, 3.63) is 89.4 Å². The zero-order chi connectivity index (χ0) is 15.5. The van der Waals surface area contributed by atoms with E-state index in [1.165, 1.54) is 21.4 Å². The number of nitrogens with zero attached hydrogens (tertiary/aromatic N) is 1. The Balaban J connectivity index is 1.56. The van der Waals surface area contributed by atoms with Crippen molar-refractivity contribution in [3.63, 3.8) is 0 Å². The van der Waals surface area contributed by atoms with E-state index in [0.29, 0.717) is 0 Å². The number of rotatable bonds is 3. The number of fused-ring (bicyclic) bond motifs is 1. The van der Waals surface area contributed by atoms with Gasteiger partial charge in [-0.15, -0.1) is 11.3 Å². The van der Waals surface area contributed by atoms with E-state index in [0.717, 1.165) is 10.5 Å². The Hall–Kier alpha value is -2.71. The molecule has 2 heteroatoms. The Morgan fingerprint density at radius 3 is 2.13 bits per heavy atom. The van der Waals surface area contributed by atoms with Gasteiger partial charge in [-0.05, 0) is 34.9 Å². The van der Waals surface area contributed by atoms with Crippen LogP contribution >= 0.6 is 11.3 Å². The fourth-order valence-electron chi connectivity index (χ4n) is 2.55. The molecule has 0 saturated heterocycles. The third-order valence-corrected chi connectivity index (χ3v) is 4.75. The lowest BCUT2D eigenvalue weighted by Gasteiger charge is -2.01. The van der Waals surface area contributed by atoms with Crippen LogP contribution in [0.3, 0.4) is 0 Å². The molecule has 1 aromatic heterocycles. The molecule has 110 valence electrons.